The Morgan fingerprint density at radius 2 is 2.10 bits per heavy atom. The molecule has 2 rings (SSSR count). The van der Waals surface area contributed by atoms with Crippen molar-refractivity contribution in [3.63, 3.8) is 0 Å². The monoisotopic (exact) mass is 277 g/mol. The molecule has 20 heavy (non-hydrogen) atoms. The third-order valence-corrected chi connectivity index (χ3v) is 3.44. The number of carboxylic acids is 1. The van der Waals surface area contributed by atoms with E-state index in [9.17, 15) is 9.59 Å². The van der Waals surface area contributed by atoms with Gasteiger partial charge in [0.05, 0.1) is 24.3 Å². The zero-order chi connectivity index (χ0) is 14.4. The minimum atomic E-state index is -0.997. The highest BCUT2D eigenvalue weighted by molar-refractivity contribution is 5.87. The number of carbonyl (C=O) groups excluding carboxylic acids is 1. The van der Waals surface area contributed by atoms with Crippen molar-refractivity contribution in [2.75, 3.05) is 6.54 Å². The van der Waals surface area contributed by atoms with Crippen LogP contribution in [0.5, 0.6) is 0 Å². The Labute approximate surface area is 117 Å². The Hall–Kier alpha value is -1.95. The minimum Gasteiger partial charge on any atom is -0.478 e. The molecule has 3 N–H and O–H groups in total. The lowest BCUT2D eigenvalue weighted by Crippen LogP contribution is -2.37. The Balaban J connectivity index is 1.75. The van der Waals surface area contributed by atoms with E-state index in [0.717, 1.165) is 12.8 Å². The molecule has 1 aliphatic rings. The van der Waals surface area contributed by atoms with Crippen LogP contribution >= 0.6 is 0 Å². The lowest BCUT2D eigenvalue weighted by atomic mass is 10.2. The molecule has 0 radical (unpaired) electrons. The van der Waals surface area contributed by atoms with E-state index in [4.69, 9.17) is 5.11 Å². The number of hydrogen-bond acceptors (Lipinski definition) is 4. The second kappa shape index (κ2) is 7.00. The molecule has 108 valence electrons. The Kier molecular flexibility index (Phi) is 5.06. The summed E-state index contributed by atoms with van der Waals surface area (Å²) in [5, 5.41) is 14.8. The van der Waals surface area contributed by atoms with Gasteiger partial charge in [-0.1, -0.05) is 12.8 Å². The highest BCUT2D eigenvalue weighted by Crippen LogP contribution is 2.17. The molecule has 0 atom stereocenters. The predicted octanol–water partition coefficient (Wildman–Crippen LogP) is 0.928. The van der Waals surface area contributed by atoms with Crippen LogP contribution in [0.1, 0.15) is 41.7 Å². The quantitative estimate of drug-likeness (QED) is 0.719. The molecular weight excluding hydrogens is 258 g/mol. The number of pyridine rings is 1. The van der Waals surface area contributed by atoms with E-state index in [2.05, 4.69) is 15.6 Å². The molecule has 6 nitrogen and oxygen atoms in total. The fourth-order valence-electron chi connectivity index (χ4n) is 2.33. The summed E-state index contributed by atoms with van der Waals surface area (Å²) >= 11 is 0. The van der Waals surface area contributed by atoms with Crippen LogP contribution in [-0.4, -0.2) is 34.6 Å². The summed E-state index contributed by atoms with van der Waals surface area (Å²) in [6.07, 6.45) is 6.16. The third kappa shape index (κ3) is 4.31. The smallest absolute Gasteiger partial charge is 0.335 e. The van der Waals surface area contributed by atoms with Crippen molar-refractivity contribution in [3.05, 3.63) is 29.6 Å². The first-order chi connectivity index (χ1) is 9.65. The highest BCUT2D eigenvalue weighted by atomic mass is 16.4. The molecule has 0 bridgehead atoms. The molecule has 0 unspecified atom stereocenters. The van der Waals surface area contributed by atoms with E-state index in [-0.39, 0.29) is 18.0 Å². The summed E-state index contributed by atoms with van der Waals surface area (Å²) < 4.78 is 0. The topological polar surface area (TPSA) is 91.3 Å². The zero-order valence-electron chi connectivity index (χ0n) is 11.3. The van der Waals surface area contributed by atoms with Gasteiger partial charge in [-0.3, -0.25) is 9.78 Å². The van der Waals surface area contributed by atoms with Crippen molar-refractivity contribution in [1.29, 1.82) is 0 Å². The van der Waals surface area contributed by atoms with E-state index in [1.54, 1.807) is 0 Å². The van der Waals surface area contributed by atoms with Crippen molar-refractivity contribution in [3.8, 4) is 0 Å². The third-order valence-electron chi connectivity index (χ3n) is 3.44. The van der Waals surface area contributed by atoms with Gasteiger partial charge < -0.3 is 15.7 Å². The average molecular weight is 277 g/mol. The van der Waals surface area contributed by atoms with Gasteiger partial charge in [0.1, 0.15) is 0 Å². The van der Waals surface area contributed by atoms with Gasteiger partial charge in [0.25, 0.3) is 0 Å². The van der Waals surface area contributed by atoms with E-state index >= 15 is 0 Å². The lowest BCUT2D eigenvalue weighted by Gasteiger charge is -2.11. The SMILES string of the molecule is O=C(CNC1CCCC1)NCc1cc(C(=O)O)ccn1. The Bertz CT molecular complexity index is 484. The summed E-state index contributed by atoms with van der Waals surface area (Å²) in [6, 6.07) is 3.34. The van der Waals surface area contributed by atoms with Gasteiger partial charge in [0, 0.05) is 12.2 Å². The van der Waals surface area contributed by atoms with Crippen molar-refractivity contribution < 1.29 is 14.7 Å². The first-order valence-corrected chi connectivity index (χ1v) is 6.83. The molecule has 0 spiro atoms. The molecule has 6 heteroatoms. The van der Waals surface area contributed by atoms with Crippen molar-refractivity contribution in [2.45, 2.75) is 38.3 Å². The fourth-order valence-corrected chi connectivity index (χ4v) is 2.33. The second-order valence-corrected chi connectivity index (χ2v) is 4.98. The molecule has 1 fully saturated rings. The molecule has 1 aromatic heterocycles. The van der Waals surface area contributed by atoms with Crippen LogP contribution in [0.3, 0.4) is 0 Å². The average Bonchev–Trinajstić information content (AvgIpc) is 2.96. The molecule has 0 aliphatic heterocycles. The molecule has 1 saturated carbocycles. The van der Waals surface area contributed by atoms with Crippen molar-refractivity contribution in [1.82, 2.24) is 15.6 Å². The van der Waals surface area contributed by atoms with Gasteiger partial charge in [-0.25, -0.2) is 4.79 Å². The maximum atomic E-state index is 11.7. The largest absolute Gasteiger partial charge is 0.478 e. The maximum absolute atomic E-state index is 11.7. The van der Waals surface area contributed by atoms with Crippen LogP contribution in [0.15, 0.2) is 18.3 Å². The summed E-state index contributed by atoms with van der Waals surface area (Å²) in [7, 11) is 0. The molecule has 1 aromatic rings. The Morgan fingerprint density at radius 3 is 2.80 bits per heavy atom. The summed E-state index contributed by atoms with van der Waals surface area (Å²) in [6.45, 7) is 0.537. The normalized spacial score (nSPS) is 15.2. The standard InChI is InChI=1S/C14H19N3O3/c18-13(9-16-11-3-1-2-4-11)17-8-12-7-10(14(19)20)5-6-15-12/h5-7,11,16H,1-4,8-9H2,(H,17,18)(H,19,20). The molecule has 0 aromatic carbocycles. The van der Waals surface area contributed by atoms with Gasteiger partial charge in [0.15, 0.2) is 0 Å². The molecule has 1 aliphatic carbocycles. The van der Waals surface area contributed by atoms with Crippen LogP contribution in [0.4, 0.5) is 0 Å². The second-order valence-electron chi connectivity index (χ2n) is 4.98. The molecular formula is C14H19N3O3. The van der Waals surface area contributed by atoms with E-state index < -0.39 is 5.97 Å². The number of nitrogens with one attached hydrogen (secondary N) is 2. The van der Waals surface area contributed by atoms with Crippen LogP contribution in [0.2, 0.25) is 0 Å². The summed E-state index contributed by atoms with van der Waals surface area (Å²) in [4.78, 5) is 26.5. The summed E-state index contributed by atoms with van der Waals surface area (Å²) in [5.41, 5.74) is 0.715. The fraction of sp³-hybridized carbons (Fsp3) is 0.500. The van der Waals surface area contributed by atoms with E-state index in [1.807, 2.05) is 0 Å². The number of aromatic nitrogens is 1. The zero-order valence-corrected chi connectivity index (χ0v) is 11.3. The van der Waals surface area contributed by atoms with Crippen LogP contribution < -0.4 is 10.6 Å². The number of nitrogens with zero attached hydrogens (tertiary/aromatic N) is 1. The molecule has 0 saturated heterocycles. The van der Waals surface area contributed by atoms with Crippen LogP contribution in [0, 0.1) is 0 Å². The first-order valence-electron chi connectivity index (χ1n) is 6.83. The molecule has 1 amide bonds. The highest BCUT2D eigenvalue weighted by Gasteiger charge is 2.15. The number of amides is 1. The van der Waals surface area contributed by atoms with Gasteiger partial charge in [0.2, 0.25) is 5.91 Å². The van der Waals surface area contributed by atoms with Gasteiger partial charge in [-0.2, -0.15) is 0 Å². The van der Waals surface area contributed by atoms with Crippen LogP contribution in [-0.2, 0) is 11.3 Å². The van der Waals surface area contributed by atoms with E-state index in [1.165, 1.54) is 31.2 Å². The summed E-state index contributed by atoms with van der Waals surface area (Å²) in [5.74, 6) is -1.10. The number of carbonyl (C=O) groups is 2. The first kappa shape index (κ1) is 14.5. The van der Waals surface area contributed by atoms with Crippen LogP contribution in [0.25, 0.3) is 0 Å². The maximum Gasteiger partial charge on any atom is 0.335 e. The number of hydrogen-bond donors (Lipinski definition) is 3. The number of rotatable bonds is 6. The minimum absolute atomic E-state index is 0.0978. The number of carboxylic acid groups (broad SMARTS) is 1. The number of aromatic carboxylic acids is 1. The lowest BCUT2D eigenvalue weighted by molar-refractivity contribution is -0.120. The van der Waals surface area contributed by atoms with Crippen molar-refractivity contribution in [2.24, 2.45) is 0 Å². The Morgan fingerprint density at radius 1 is 1.35 bits per heavy atom. The van der Waals surface area contributed by atoms with E-state index in [0.29, 0.717) is 18.3 Å². The molecule has 1 heterocycles. The van der Waals surface area contributed by atoms with Gasteiger partial charge in [-0.05, 0) is 25.0 Å². The van der Waals surface area contributed by atoms with Gasteiger partial charge in [-0.15, -0.1) is 0 Å². The predicted molar refractivity (Wildman–Crippen MR) is 73.3 cm³/mol. The van der Waals surface area contributed by atoms with Gasteiger partial charge >= 0.3 is 5.97 Å². The van der Waals surface area contributed by atoms with Crippen molar-refractivity contribution >= 4 is 11.9 Å².